The Morgan fingerprint density at radius 1 is 1.00 bits per heavy atom. The van der Waals surface area contributed by atoms with E-state index in [0.29, 0.717) is 65.8 Å². The molecule has 0 atom stereocenters. The van der Waals surface area contributed by atoms with Gasteiger partial charge in [0.25, 0.3) is 0 Å². The predicted molar refractivity (Wildman–Crippen MR) is 138 cm³/mol. The molecule has 37 heavy (non-hydrogen) atoms. The van der Waals surface area contributed by atoms with Crippen molar-refractivity contribution in [2.45, 2.75) is 5.16 Å². The second-order valence-electron chi connectivity index (χ2n) is 8.26. The number of rotatable bonds is 8. The maximum atomic E-state index is 14.2. The highest BCUT2D eigenvalue weighted by Crippen LogP contribution is 2.35. The van der Waals surface area contributed by atoms with Crippen molar-refractivity contribution in [3.8, 4) is 28.8 Å². The topological polar surface area (TPSA) is 85.9 Å². The molecule has 1 saturated heterocycles. The number of thioether (sulfide) groups is 1. The van der Waals surface area contributed by atoms with Crippen LogP contribution in [0, 0.1) is 5.82 Å². The molecule has 0 bridgehead atoms. The van der Waals surface area contributed by atoms with Crippen LogP contribution in [0.15, 0.2) is 70.4 Å². The lowest BCUT2D eigenvalue weighted by atomic mass is 10.2. The van der Waals surface area contributed by atoms with Crippen LogP contribution in [0.5, 0.6) is 11.5 Å². The third kappa shape index (κ3) is 5.12. The number of ether oxygens (including phenoxy) is 2. The number of benzene rings is 2. The summed E-state index contributed by atoms with van der Waals surface area (Å²) in [7, 11) is 3.17. The highest BCUT2D eigenvalue weighted by atomic mass is 32.2. The average molecular weight is 524 g/mol. The average Bonchev–Trinajstić information content (AvgIpc) is 3.62. The van der Waals surface area contributed by atoms with Gasteiger partial charge in [-0.3, -0.25) is 9.36 Å². The number of nitrogens with zero attached hydrogens (tertiary/aromatic N) is 5. The number of halogens is 1. The van der Waals surface area contributed by atoms with Gasteiger partial charge in [-0.15, -0.1) is 10.2 Å². The molecule has 0 saturated carbocycles. The summed E-state index contributed by atoms with van der Waals surface area (Å²) in [5.41, 5.74) is 1.22. The summed E-state index contributed by atoms with van der Waals surface area (Å²) in [6.07, 6.45) is 1.56. The number of carbonyl (C=O) groups is 1. The van der Waals surface area contributed by atoms with E-state index < -0.39 is 0 Å². The molecule has 0 radical (unpaired) electrons. The zero-order valence-corrected chi connectivity index (χ0v) is 21.3. The van der Waals surface area contributed by atoms with Gasteiger partial charge in [-0.2, -0.15) is 0 Å². The number of piperazine rings is 1. The molecule has 0 spiro atoms. The first kappa shape index (κ1) is 24.7. The van der Waals surface area contributed by atoms with E-state index in [4.69, 9.17) is 13.9 Å². The largest absolute Gasteiger partial charge is 0.497 e. The van der Waals surface area contributed by atoms with Gasteiger partial charge < -0.3 is 23.7 Å². The first-order valence-electron chi connectivity index (χ1n) is 11.7. The Bertz CT molecular complexity index is 1370. The number of hydrogen-bond acceptors (Lipinski definition) is 8. The van der Waals surface area contributed by atoms with E-state index in [1.165, 1.54) is 17.8 Å². The lowest BCUT2D eigenvalue weighted by molar-refractivity contribution is -0.128. The highest BCUT2D eigenvalue weighted by molar-refractivity contribution is 7.99. The summed E-state index contributed by atoms with van der Waals surface area (Å²) < 4.78 is 32.6. The molecule has 1 amide bonds. The molecule has 3 heterocycles. The minimum atomic E-state index is -0.252. The van der Waals surface area contributed by atoms with Crippen LogP contribution >= 0.6 is 11.8 Å². The van der Waals surface area contributed by atoms with Crippen molar-refractivity contribution >= 4 is 23.4 Å². The maximum absolute atomic E-state index is 14.2. The van der Waals surface area contributed by atoms with Gasteiger partial charge in [0.1, 0.15) is 17.3 Å². The van der Waals surface area contributed by atoms with Crippen LogP contribution in [0.2, 0.25) is 0 Å². The highest BCUT2D eigenvalue weighted by Gasteiger charge is 2.25. The number of aromatic nitrogens is 3. The Hall–Kier alpha value is -3.99. The summed E-state index contributed by atoms with van der Waals surface area (Å²) in [6, 6.07) is 15.7. The molecule has 5 rings (SSSR count). The van der Waals surface area contributed by atoms with E-state index in [9.17, 15) is 9.18 Å². The van der Waals surface area contributed by atoms with Crippen LogP contribution in [0.4, 0.5) is 10.1 Å². The van der Waals surface area contributed by atoms with Crippen LogP contribution in [-0.4, -0.2) is 71.7 Å². The number of anilines is 1. The van der Waals surface area contributed by atoms with Crippen molar-refractivity contribution in [3.05, 3.63) is 66.7 Å². The second-order valence-corrected chi connectivity index (χ2v) is 9.21. The zero-order valence-electron chi connectivity index (χ0n) is 20.5. The molecule has 11 heteroatoms. The smallest absolute Gasteiger partial charge is 0.233 e. The summed E-state index contributed by atoms with van der Waals surface area (Å²) in [6.45, 7) is 2.16. The predicted octanol–water partition coefficient (Wildman–Crippen LogP) is 4.12. The Morgan fingerprint density at radius 2 is 1.81 bits per heavy atom. The fourth-order valence-corrected chi connectivity index (χ4v) is 5.09. The summed E-state index contributed by atoms with van der Waals surface area (Å²) in [4.78, 5) is 16.8. The van der Waals surface area contributed by atoms with Crippen molar-refractivity contribution in [2.24, 2.45) is 0 Å². The third-order valence-corrected chi connectivity index (χ3v) is 7.07. The van der Waals surface area contributed by atoms with E-state index >= 15 is 0 Å². The Kier molecular flexibility index (Phi) is 7.31. The van der Waals surface area contributed by atoms with Gasteiger partial charge in [0.15, 0.2) is 10.9 Å². The van der Waals surface area contributed by atoms with Crippen molar-refractivity contribution in [3.63, 3.8) is 0 Å². The molecule has 4 aromatic rings. The molecule has 192 valence electrons. The maximum Gasteiger partial charge on any atom is 0.233 e. The van der Waals surface area contributed by atoms with E-state index in [-0.39, 0.29) is 17.5 Å². The molecular weight excluding hydrogens is 497 g/mol. The van der Waals surface area contributed by atoms with E-state index in [2.05, 4.69) is 10.2 Å². The normalized spacial score (nSPS) is 13.6. The molecule has 2 aromatic carbocycles. The van der Waals surface area contributed by atoms with Crippen molar-refractivity contribution in [2.75, 3.05) is 51.1 Å². The zero-order chi connectivity index (χ0) is 25.8. The monoisotopic (exact) mass is 523 g/mol. The van der Waals surface area contributed by atoms with E-state index in [0.717, 1.165) is 0 Å². The number of methoxy groups -OCH3 is 2. The van der Waals surface area contributed by atoms with Crippen LogP contribution in [0.3, 0.4) is 0 Å². The molecule has 1 aliphatic heterocycles. The fraction of sp³-hybridized carbons (Fsp3) is 0.269. The minimum absolute atomic E-state index is 0.0233. The van der Waals surface area contributed by atoms with Crippen molar-refractivity contribution < 1.29 is 23.1 Å². The van der Waals surface area contributed by atoms with Gasteiger partial charge in [0, 0.05) is 32.2 Å². The lowest BCUT2D eigenvalue weighted by Gasteiger charge is -2.36. The molecule has 9 nitrogen and oxygen atoms in total. The molecule has 1 fully saturated rings. The third-order valence-electron chi connectivity index (χ3n) is 6.15. The number of furan rings is 1. The summed E-state index contributed by atoms with van der Waals surface area (Å²) >= 11 is 1.28. The summed E-state index contributed by atoms with van der Waals surface area (Å²) in [5.74, 6) is 2.12. The van der Waals surface area contributed by atoms with Crippen LogP contribution < -0.4 is 14.4 Å². The van der Waals surface area contributed by atoms with Gasteiger partial charge in [-0.1, -0.05) is 23.9 Å². The SMILES string of the molecule is COc1ccc(OC)c(-n2c(SCC(=O)N3CCN(c4ccccc4F)CC3)nnc2-c2ccco2)c1. The number of carbonyl (C=O) groups excluding carboxylic acids is 1. The number of para-hydroxylation sites is 1. The molecule has 2 aromatic heterocycles. The molecule has 0 aliphatic carbocycles. The number of hydrogen-bond donors (Lipinski definition) is 0. The summed E-state index contributed by atoms with van der Waals surface area (Å²) in [5, 5.41) is 9.21. The van der Waals surface area contributed by atoms with E-state index in [1.807, 2.05) is 17.0 Å². The van der Waals surface area contributed by atoms with Crippen LogP contribution in [0.1, 0.15) is 0 Å². The number of amides is 1. The van der Waals surface area contributed by atoms with Gasteiger partial charge in [-0.25, -0.2) is 4.39 Å². The van der Waals surface area contributed by atoms with Gasteiger partial charge in [0.05, 0.1) is 37.6 Å². The standard InChI is InChI=1S/C26H26FN5O4S/c1-34-18-9-10-22(35-2)21(16-18)32-25(23-8-5-15-36-23)28-29-26(32)37-17-24(33)31-13-11-30(12-14-31)20-7-4-3-6-19(20)27/h3-10,15-16H,11-14,17H2,1-2H3. The van der Waals surface area contributed by atoms with Crippen molar-refractivity contribution in [1.82, 2.24) is 19.7 Å². The fourth-order valence-electron chi connectivity index (χ4n) is 4.24. The lowest BCUT2D eigenvalue weighted by Crippen LogP contribution is -2.49. The Balaban J connectivity index is 1.34. The van der Waals surface area contributed by atoms with Gasteiger partial charge >= 0.3 is 0 Å². The first-order valence-corrected chi connectivity index (χ1v) is 12.7. The molecule has 1 aliphatic rings. The van der Waals surface area contributed by atoms with Gasteiger partial charge in [-0.05, 0) is 36.4 Å². The van der Waals surface area contributed by atoms with Gasteiger partial charge in [0.2, 0.25) is 11.7 Å². The second kappa shape index (κ2) is 11.0. The molecule has 0 N–H and O–H groups in total. The first-order chi connectivity index (χ1) is 18.1. The van der Waals surface area contributed by atoms with E-state index in [1.54, 1.807) is 66.3 Å². The Morgan fingerprint density at radius 3 is 2.51 bits per heavy atom. The quantitative estimate of drug-likeness (QED) is 0.319. The molecule has 0 unspecified atom stereocenters. The van der Waals surface area contributed by atoms with Crippen molar-refractivity contribution in [1.29, 1.82) is 0 Å². The van der Waals surface area contributed by atoms with Crippen LogP contribution in [-0.2, 0) is 4.79 Å². The molecular formula is C26H26FN5O4S. The minimum Gasteiger partial charge on any atom is -0.497 e. The van der Waals surface area contributed by atoms with Crippen LogP contribution in [0.25, 0.3) is 17.3 Å². The Labute approximate surface area is 217 Å².